The van der Waals surface area contributed by atoms with Crippen molar-refractivity contribution in [1.82, 2.24) is 9.88 Å². The lowest BCUT2D eigenvalue weighted by Crippen LogP contribution is -2.45. The van der Waals surface area contributed by atoms with Crippen molar-refractivity contribution in [3.05, 3.63) is 48.2 Å². The molecule has 1 aromatic carbocycles. The summed E-state index contributed by atoms with van der Waals surface area (Å²) in [7, 11) is 0. The van der Waals surface area contributed by atoms with E-state index in [4.69, 9.17) is 9.47 Å². The number of ether oxygens (including phenoxy) is 2. The van der Waals surface area contributed by atoms with Crippen LogP contribution in [0.15, 0.2) is 42.6 Å². The van der Waals surface area contributed by atoms with Crippen LogP contribution < -0.4 is 9.47 Å². The highest BCUT2D eigenvalue weighted by Gasteiger charge is 2.30. The molecule has 0 bridgehead atoms. The monoisotopic (exact) mass is 382 g/mol. The molecule has 0 aliphatic carbocycles. The fraction of sp³-hybridized carbons (Fsp3) is 0.333. The number of aromatic nitrogens is 1. The van der Waals surface area contributed by atoms with Gasteiger partial charge in [-0.15, -0.1) is 0 Å². The molecule has 1 aliphatic heterocycles. The number of hydrogen-bond donors (Lipinski definition) is 1. The van der Waals surface area contributed by atoms with Crippen LogP contribution in [-0.2, 0) is 6.18 Å². The first-order chi connectivity index (χ1) is 12.8. The minimum Gasteiger partial charge on any atom is -0.439 e. The van der Waals surface area contributed by atoms with Gasteiger partial charge in [0.15, 0.2) is 0 Å². The summed E-state index contributed by atoms with van der Waals surface area (Å²) in [5.74, 6) is 0.578. The number of hydrogen-bond acceptors (Lipinski definition) is 5. The minimum absolute atomic E-state index is 0.00387. The van der Waals surface area contributed by atoms with E-state index in [9.17, 15) is 23.1 Å². The molecular weight excluding hydrogens is 365 g/mol. The van der Waals surface area contributed by atoms with Gasteiger partial charge in [0.1, 0.15) is 17.7 Å². The highest BCUT2D eigenvalue weighted by Crippen LogP contribution is 2.30. The maximum Gasteiger partial charge on any atom is 0.417 e. The summed E-state index contributed by atoms with van der Waals surface area (Å²) in [4.78, 5) is 17.0. The van der Waals surface area contributed by atoms with Crippen LogP contribution in [0.3, 0.4) is 0 Å². The molecular formula is C18H17F3N2O4. The third kappa shape index (κ3) is 4.88. The first-order valence-corrected chi connectivity index (χ1v) is 8.30. The summed E-state index contributed by atoms with van der Waals surface area (Å²) >= 11 is 0. The van der Waals surface area contributed by atoms with E-state index < -0.39 is 24.1 Å². The molecule has 27 heavy (non-hydrogen) atoms. The third-order valence-corrected chi connectivity index (χ3v) is 4.02. The molecule has 1 aromatic heterocycles. The van der Waals surface area contributed by atoms with Crippen molar-refractivity contribution in [1.29, 1.82) is 0 Å². The van der Waals surface area contributed by atoms with Crippen molar-refractivity contribution in [3.63, 3.8) is 0 Å². The smallest absolute Gasteiger partial charge is 0.417 e. The number of alkyl halides is 3. The summed E-state index contributed by atoms with van der Waals surface area (Å²) in [6, 6.07) is 7.95. The Morgan fingerprint density at radius 2 is 1.81 bits per heavy atom. The van der Waals surface area contributed by atoms with Crippen LogP contribution in [0.5, 0.6) is 17.4 Å². The molecule has 6 nitrogen and oxygen atoms in total. The summed E-state index contributed by atoms with van der Waals surface area (Å²) in [5, 5.41) is 9.82. The molecule has 1 saturated heterocycles. The fourth-order valence-electron chi connectivity index (χ4n) is 2.59. The third-order valence-electron chi connectivity index (χ3n) is 4.02. The lowest BCUT2D eigenvalue weighted by atomic mass is 10.1. The molecule has 1 amide bonds. The topological polar surface area (TPSA) is 71.9 Å². The summed E-state index contributed by atoms with van der Waals surface area (Å²) in [6.45, 7) is 0.431. The Bertz CT molecular complexity index is 779. The second-order valence-corrected chi connectivity index (χ2v) is 5.99. The van der Waals surface area contributed by atoms with Gasteiger partial charge in [-0.1, -0.05) is 0 Å². The first kappa shape index (κ1) is 19.0. The summed E-state index contributed by atoms with van der Waals surface area (Å²) in [5.41, 5.74) is -0.864. The molecule has 1 N–H and O–H groups in total. The van der Waals surface area contributed by atoms with Gasteiger partial charge in [-0.2, -0.15) is 13.2 Å². The Morgan fingerprint density at radius 1 is 1.11 bits per heavy atom. The van der Waals surface area contributed by atoms with Crippen LogP contribution >= 0.6 is 0 Å². The predicted molar refractivity (Wildman–Crippen MR) is 88.3 cm³/mol. The Hall–Kier alpha value is -2.81. The van der Waals surface area contributed by atoms with Gasteiger partial charge in [-0.05, 0) is 49.6 Å². The molecule has 2 aromatic rings. The Labute approximate surface area is 153 Å². The molecule has 9 heteroatoms. The van der Waals surface area contributed by atoms with Gasteiger partial charge < -0.3 is 14.6 Å². The number of amides is 1. The minimum atomic E-state index is -4.46. The highest BCUT2D eigenvalue weighted by atomic mass is 19.4. The zero-order valence-electron chi connectivity index (χ0n) is 14.1. The number of halogens is 3. The molecule has 144 valence electrons. The maximum absolute atomic E-state index is 12.5. The van der Waals surface area contributed by atoms with Gasteiger partial charge >= 0.3 is 12.3 Å². The van der Waals surface area contributed by atoms with Crippen LogP contribution in [0, 0.1) is 0 Å². The lowest BCUT2D eigenvalue weighted by molar-refractivity contribution is -0.137. The second-order valence-electron chi connectivity index (χ2n) is 5.99. The number of carbonyl (C=O) groups is 1. The van der Waals surface area contributed by atoms with Crippen LogP contribution in [0.4, 0.5) is 18.0 Å². The zero-order chi connectivity index (χ0) is 19.4. The number of likely N-dealkylation sites (tertiary alicyclic amines) is 1. The van der Waals surface area contributed by atoms with Gasteiger partial charge in [0.05, 0.1) is 5.56 Å². The standard InChI is InChI=1S/C18H17F3N2O4/c19-18(20,21)12-4-9-15(22-11-12)26-13-5-7-14(8-6-13)27-17(25)23-10-2-1-3-16(23)24/h4-9,11,16,24H,1-3,10H2. The number of nitrogens with zero attached hydrogens (tertiary/aromatic N) is 2. The van der Waals surface area contributed by atoms with Crippen molar-refractivity contribution in [3.8, 4) is 17.4 Å². The summed E-state index contributed by atoms with van der Waals surface area (Å²) in [6.07, 6.45) is -3.08. The molecule has 0 spiro atoms. The van der Waals surface area contributed by atoms with Gasteiger partial charge in [0, 0.05) is 18.8 Å². The molecule has 1 unspecified atom stereocenters. The van der Waals surface area contributed by atoms with E-state index in [1.165, 1.54) is 29.2 Å². The second kappa shape index (κ2) is 7.83. The molecule has 1 aliphatic rings. The average molecular weight is 382 g/mol. The average Bonchev–Trinajstić information content (AvgIpc) is 2.63. The number of aliphatic hydroxyl groups is 1. The van der Waals surface area contributed by atoms with Crippen LogP contribution in [0.25, 0.3) is 0 Å². The van der Waals surface area contributed by atoms with Crippen molar-refractivity contribution < 1.29 is 32.5 Å². The first-order valence-electron chi connectivity index (χ1n) is 8.30. The molecule has 0 radical (unpaired) electrons. The largest absolute Gasteiger partial charge is 0.439 e. The normalized spacial score (nSPS) is 17.5. The van der Waals surface area contributed by atoms with Crippen LogP contribution in [-0.4, -0.2) is 33.9 Å². The lowest BCUT2D eigenvalue weighted by Gasteiger charge is -2.30. The molecule has 0 saturated carbocycles. The zero-order valence-corrected chi connectivity index (χ0v) is 14.1. The SMILES string of the molecule is O=C(Oc1ccc(Oc2ccc(C(F)(F)F)cn2)cc1)N1CCCCC1O. The Kier molecular flexibility index (Phi) is 5.50. The van der Waals surface area contributed by atoms with Gasteiger partial charge in [0.25, 0.3) is 0 Å². The number of benzene rings is 1. The van der Waals surface area contributed by atoms with Crippen molar-refractivity contribution in [2.75, 3.05) is 6.54 Å². The Morgan fingerprint density at radius 3 is 2.41 bits per heavy atom. The molecule has 2 heterocycles. The van der Waals surface area contributed by atoms with Gasteiger partial charge in [-0.3, -0.25) is 4.90 Å². The van der Waals surface area contributed by atoms with Crippen molar-refractivity contribution in [2.45, 2.75) is 31.7 Å². The highest BCUT2D eigenvalue weighted by molar-refractivity contribution is 5.71. The quantitative estimate of drug-likeness (QED) is 0.862. The van der Waals surface area contributed by atoms with E-state index in [1.54, 1.807) is 0 Å². The number of rotatable bonds is 3. The maximum atomic E-state index is 12.5. The van der Waals surface area contributed by atoms with E-state index in [2.05, 4.69) is 4.98 Å². The van der Waals surface area contributed by atoms with E-state index in [0.717, 1.165) is 25.0 Å². The van der Waals surface area contributed by atoms with Gasteiger partial charge in [0.2, 0.25) is 5.88 Å². The molecule has 1 atom stereocenters. The molecule has 3 rings (SSSR count). The number of piperidine rings is 1. The Balaban J connectivity index is 1.59. The summed E-state index contributed by atoms with van der Waals surface area (Å²) < 4.78 is 48.1. The van der Waals surface area contributed by atoms with Crippen LogP contribution in [0.1, 0.15) is 24.8 Å². The van der Waals surface area contributed by atoms with Gasteiger partial charge in [-0.25, -0.2) is 9.78 Å². The van der Waals surface area contributed by atoms with Crippen molar-refractivity contribution >= 4 is 6.09 Å². The fourth-order valence-corrected chi connectivity index (χ4v) is 2.59. The van der Waals surface area contributed by atoms with E-state index in [-0.39, 0.29) is 11.6 Å². The van der Waals surface area contributed by atoms with Crippen molar-refractivity contribution in [2.24, 2.45) is 0 Å². The van der Waals surface area contributed by atoms with Crippen LogP contribution in [0.2, 0.25) is 0 Å². The molecule has 1 fully saturated rings. The van der Waals surface area contributed by atoms with E-state index >= 15 is 0 Å². The van der Waals surface area contributed by atoms with E-state index in [0.29, 0.717) is 24.9 Å². The predicted octanol–water partition coefficient (Wildman–Crippen LogP) is 4.20. The van der Waals surface area contributed by atoms with E-state index in [1.807, 2.05) is 0 Å². The number of carbonyl (C=O) groups excluding carboxylic acids is 1. The number of aliphatic hydroxyl groups excluding tert-OH is 1. The number of pyridine rings is 1.